The molecule has 0 saturated heterocycles. The monoisotopic (exact) mass is 412 g/mol. The van der Waals surface area contributed by atoms with Crippen LogP contribution in [0.1, 0.15) is 58.8 Å². The molecule has 0 fully saturated rings. The molecule has 1 aromatic carbocycles. The standard InChI is InChI=1S/C22H25N3O3S/c1-3-15(2)16-8-10-17(11-9-16)21(19-7-5-13-29-19)23-14-20(26)24-25-22(27)18-6-4-12-28-18/h4-13,15,21,23H,3,14H2,1-2H3,(H,24,26)(H,25,27)/p+1/t15-,21+/m1/s1. The van der Waals surface area contributed by atoms with Gasteiger partial charge in [0.1, 0.15) is 6.04 Å². The minimum Gasteiger partial charge on any atom is -0.459 e. The van der Waals surface area contributed by atoms with Gasteiger partial charge in [0.05, 0.1) is 11.1 Å². The van der Waals surface area contributed by atoms with Crippen molar-refractivity contribution in [3.8, 4) is 0 Å². The van der Waals surface area contributed by atoms with E-state index in [4.69, 9.17) is 4.42 Å². The quantitative estimate of drug-likeness (QED) is 0.497. The Kier molecular flexibility index (Phi) is 7.21. The Morgan fingerprint density at radius 3 is 2.45 bits per heavy atom. The number of nitrogens with one attached hydrogen (secondary N) is 2. The van der Waals surface area contributed by atoms with Crippen molar-refractivity contribution in [2.24, 2.45) is 0 Å². The lowest BCUT2D eigenvalue weighted by molar-refractivity contribution is -0.676. The Bertz CT molecular complexity index is 905. The van der Waals surface area contributed by atoms with Gasteiger partial charge < -0.3 is 9.73 Å². The fourth-order valence-electron chi connectivity index (χ4n) is 3.02. The van der Waals surface area contributed by atoms with E-state index in [9.17, 15) is 9.59 Å². The van der Waals surface area contributed by atoms with Gasteiger partial charge in [-0.15, -0.1) is 11.3 Å². The summed E-state index contributed by atoms with van der Waals surface area (Å²) in [4.78, 5) is 25.2. The molecule has 0 spiro atoms. The largest absolute Gasteiger partial charge is 0.459 e. The Morgan fingerprint density at radius 2 is 1.83 bits per heavy atom. The van der Waals surface area contributed by atoms with Crippen LogP contribution in [-0.4, -0.2) is 18.4 Å². The van der Waals surface area contributed by atoms with Crippen molar-refractivity contribution in [2.45, 2.75) is 32.2 Å². The van der Waals surface area contributed by atoms with E-state index in [0.717, 1.165) is 12.0 Å². The highest BCUT2D eigenvalue weighted by Gasteiger charge is 2.21. The highest BCUT2D eigenvalue weighted by Crippen LogP contribution is 2.25. The zero-order chi connectivity index (χ0) is 20.6. The lowest BCUT2D eigenvalue weighted by atomic mass is 9.95. The van der Waals surface area contributed by atoms with Gasteiger partial charge >= 0.3 is 5.91 Å². The van der Waals surface area contributed by atoms with Crippen LogP contribution in [0.2, 0.25) is 0 Å². The molecule has 0 aliphatic heterocycles. The third-order valence-electron chi connectivity index (χ3n) is 4.93. The maximum absolute atomic E-state index is 12.2. The van der Waals surface area contributed by atoms with Crippen molar-refractivity contribution < 1.29 is 19.3 Å². The van der Waals surface area contributed by atoms with Gasteiger partial charge in [0.25, 0.3) is 5.91 Å². The molecule has 6 nitrogen and oxygen atoms in total. The van der Waals surface area contributed by atoms with Crippen molar-refractivity contribution >= 4 is 23.2 Å². The number of hydrazine groups is 1. The molecule has 2 amide bonds. The highest BCUT2D eigenvalue weighted by atomic mass is 32.1. The number of benzene rings is 1. The summed E-state index contributed by atoms with van der Waals surface area (Å²) in [5, 5.41) is 4.01. The van der Waals surface area contributed by atoms with E-state index < -0.39 is 5.91 Å². The molecule has 0 saturated carbocycles. The minimum atomic E-state index is -0.487. The fourth-order valence-corrected chi connectivity index (χ4v) is 3.87. The zero-order valence-corrected chi connectivity index (χ0v) is 17.4. The number of amides is 2. The van der Waals surface area contributed by atoms with Crippen LogP contribution in [0.5, 0.6) is 0 Å². The second-order valence-corrected chi connectivity index (χ2v) is 7.87. The molecule has 0 aliphatic carbocycles. The molecule has 3 rings (SSSR count). The van der Waals surface area contributed by atoms with E-state index in [2.05, 4.69) is 55.0 Å². The number of hydrogen-bond donors (Lipinski definition) is 3. The predicted molar refractivity (Wildman–Crippen MR) is 112 cm³/mol. The Labute approximate surface area is 174 Å². The van der Waals surface area contributed by atoms with Gasteiger partial charge in [-0.2, -0.15) is 0 Å². The van der Waals surface area contributed by atoms with Gasteiger partial charge in [-0.05, 0) is 41.5 Å². The first-order valence-corrected chi connectivity index (χ1v) is 10.6. The summed E-state index contributed by atoms with van der Waals surface area (Å²) in [7, 11) is 0. The lowest BCUT2D eigenvalue weighted by Crippen LogP contribution is -2.88. The average Bonchev–Trinajstić information content (AvgIpc) is 3.46. The Balaban J connectivity index is 1.61. The summed E-state index contributed by atoms with van der Waals surface area (Å²) >= 11 is 1.66. The Morgan fingerprint density at radius 1 is 1.07 bits per heavy atom. The molecule has 3 aromatic rings. The smallest absolute Gasteiger partial charge is 0.305 e. The summed E-state index contributed by atoms with van der Waals surface area (Å²) in [5.41, 5.74) is 7.25. The van der Waals surface area contributed by atoms with Gasteiger partial charge in [0.2, 0.25) is 0 Å². The number of nitrogens with two attached hydrogens (primary N) is 1. The number of furan rings is 1. The second kappa shape index (κ2) is 10.0. The van der Waals surface area contributed by atoms with Crippen LogP contribution in [0.4, 0.5) is 0 Å². The number of rotatable bonds is 8. The first-order valence-electron chi connectivity index (χ1n) is 9.67. The number of carbonyl (C=O) groups is 2. The van der Waals surface area contributed by atoms with E-state index in [1.807, 2.05) is 16.8 Å². The number of hydrogen-bond acceptors (Lipinski definition) is 4. The summed E-state index contributed by atoms with van der Waals surface area (Å²) in [6.45, 7) is 4.58. The van der Waals surface area contributed by atoms with Crippen LogP contribution < -0.4 is 16.2 Å². The molecular formula is C22H26N3O3S+. The third kappa shape index (κ3) is 5.56. The van der Waals surface area contributed by atoms with Crippen LogP contribution in [-0.2, 0) is 4.79 Å². The van der Waals surface area contributed by atoms with Gasteiger partial charge in [0.15, 0.2) is 12.3 Å². The normalized spacial score (nSPS) is 12.9. The van der Waals surface area contributed by atoms with Crippen molar-refractivity contribution in [3.63, 3.8) is 0 Å². The maximum Gasteiger partial charge on any atom is 0.305 e. The second-order valence-electron chi connectivity index (χ2n) is 6.89. The van der Waals surface area contributed by atoms with E-state index >= 15 is 0 Å². The fraction of sp³-hybridized carbons (Fsp3) is 0.273. The molecule has 2 aromatic heterocycles. The average molecular weight is 413 g/mol. The number of thiophene rings is 1. The van der Waals surface area contributed by atoms with Crippen molar-refractivity contribution in [2.75, 3.05) is 6.54 Å². The maximum atomic E-state index is 12.2. The van der Waals surface area contributed by atoms with E-state index in [1.165, 1.54) is 22.8 Å². The molecule has 29 heavy (non-hydrogen) atoms. The van der Waals surface area contributed by atoms with Crippen LogP contribution in [0.3, 0.4) is 0 Å². The summed E-state index contributed by atoms with van der Waals surface area (Å²) in [5.74, 6) is -0.106. The summed E-state index contributed by atoms with van der Waals surface area (Å²) in [6, 6.07) is 15.9. The molecule has 0 aliphatic rings. The highest BCUT2D eigenvalue weighted by molar-refractivity contribution is 7.10. The third-order valence-corrected chi connectivity index (χ3v) is 5.88. The molecular weight excluding hydrogens is 386 g/mol. The minimum absolute atomic E-state index is 0.0208. The SMILES string of the molecule is CC[C@@H](C)c1ccc([C@H]([NH2+]CC(=O)NNC(=O)c2ccco2)c2cccs2)cc1. The first kappa shape index (κ1) is 20.8. The molecule has 4 N–H and O–H groups in total. The van der Waals surface area contributed by atoms with Gasteiger partial charge in [0, 0.05) is 5.56 Å². The van der Waals surface area contributed by atoms with E-state index in [-0.39, 0.29) is 24.3 Å². The van der Waals surface area contributed by atoms with Gasteiger partial charge in [-0.25, -0.2) is 0 Å². The van der Waals surface area contributed by atoms with E-state index in [1.54, 1.807) is 17.4 Å². The molecule has 0 unspecified atom stereocenters. The topological polar surface area (TPSA) is 88.0 Å². The zero-order valence-electron chi connectivity index (χ0n) is 16.6. The molecule has 0 radical (unpaired) electrons. The molecule has 2 atom stereocenters. The number of quaternary nitrogens is 1. The summed E-state index contributed by atoms with van der Waals surface area (Å²) in [6.07, 6.45) is 2.51. The molecule has 7 heteroatoms. The molecule has 0 bridgehead atoms. The van der Waals surface area contributed by atoms with Crippen LogP contribution in [0, 0.1) is 0 Å². The molecule has 152 valence electrons. The molecule has 2 heterocycles. The van der Waals surface area contributed by atoms with E-state index in [0.29, 0.717) is 5.92 Å². The summed E-state index contributed by atoms with van der Waals surface area (Å²) < 4.78 is 5.00. The number of carbonyl (C=O) groups excluding carboxylic acids is 2. The van der Waals surface area contributed by atoms with Crippen LogP contribution in [0.25, 0.3) is 0 Å². The first-order chi connectivity index (χ1) is 14.1. The van der Waals surface area contributed by atoms with Crippen molar-refractivity contribution in [1.82, 2.24) is 10.9 Å². The lowest BCUT2D eigenvalue weighted by Gasteiger charge is -2.16. The van der Waals surface area contributed by atoms with Crippen molar-refractivity contribution in [1.29, 1.82) is 0 Å². The Hall–Kier alpha value is -2.90. The van der Waals surface area contributed by atoms with Crippen LogP contribution in [0.15, 0.2) is 64.6 Å². The van der Waals surface area contributed by atoms with Crippen LogP contribution >= 0.6 is 11.3 Å². The predicted octanol–water partition coefficient (Wildman–Crippen LogP) is 2.97. The van der Waals surface area contributed by atoms with Crippen molar-refractivity contribution in [3.05, 3.63) is 81.9 Å². The van der Waals surface area contributed by atoms with Gasteiger partial charge in [-0.1, -0.05) is 44.2 Å². The van der Waals surface area contributed by atoms with Gasteiger partial charge in [-0.3, -0.25) is 20.4 Å².